The highest BCUT2D eigenvalue weighted by molar-refractivity contribution is 6.30. The number of guanidine groups is 1. The van der Waals surface area contributed by atoms with E-state index in [1.54, 1.807) is 7.05 Å². The quantitative estimate of drug-likeness (QED) is 0.663. The fraction of sp³-hybridized carbons (Fsp3) is 0.562. The SMILES string of the molecule is CN=C(NCC(c1ccc(Cl)cc1)N(C)C)NC(C)(C)C. The van der Waals surface area contributed by atoms with Crippen molar-refractivity contribution in [2.75, 3.05) is 27.7 Å². The lowest BCUT2D eigenvalue weighted by molar-refractivity contribution is 0.297. The lowest BCUT2D eigenvalue weighted by atomic mass is 10.1. The molecule has 0 bridgehead atoms. The molecule has 0 saturated heterocycles. The molecule has 4 nitrogen and oxygen atoms in total. The molecule has 0 radical (unpaired) electrons. The summed E-state index contributed by atoms with van der Waals surface area (Å²) in [6, 6.07) is 8.23. The number of likely N-dealkylation sites (N-methyl/N-ethyl adjacent to an activating group) is 1. The fourth-order valence-corrected chi connectivity index (χ4v) is 2.14. The molecule has 1 unspecified atom stereocenters. The van der Waals surface area contributed by atoms with Crippen LogP contribution in [0.25, 0.3) is 0 Å². The average molecular weight is 311 g/mol. The summed E-state index contributed by atoms with van der Waals surface area (Å²) in [6.45, 7) is 7.11. The Kier molecular flexibility index (Phi) is 6.49. The van der Waals surface area contributed by atoms with Crippen molar-refractivity contribution in [1.82, 2.24) is 15.5 Å². The van der Waals surface area contributed by atoms with Crippen molar-refractivity contribution in [2.24, 2.45) is 4.99 Å². The van der Waals surface area contributed by atoms with Gasteiger partial charge in [-0.25, -0.2) is 0 Å². The molecule has 0 heterocycles. The first kappa shape index (κ1) is 17.8. The van der Waals surface area contributed by atoms with Crippen LogP contribution in [0, 0.1) is 0 Å². The molecule has 0 spiro atoms. The van der Waals surface area contributed by atoms with Gasteiger partial charge in [0.2, 0.25) is 0 Å². The molecule has 118 valence electrons. The molecule has 1 aromatic carbocycles. The molecule has 1 rings (SSSR count). The molecule has 0 fully saturated rings. The average Bonchev–Trinajstić information content (AvgIpc) is 2.38. The number of hydrogen-bond acceptors (Lipinski definition) is 2. The zero-order chi connectivity index (χ0) is 16.0. The minimum Gasteiger partial charge on any atom is -0.354 e. The van der Waals surface area contributed by atoms with Crippen molar-refractivity contribution in [2.45, 2.75) is 32.4 Å². The highest BCUT2D eigenvalue weighted by Gasteiger charge is 2.16. The van der Waals surface area contributed by atoms with Gasteiger partial charge in [0.25, 0.3) is 0 Å². The number of benzene rings is 1. The first-order valence-corrected chi connectivity index (χ1v) is 7.51. The van der Waals surface area contributed by atoms with Gasteiger partial charge in [-0.05, 0) is 52.6 Å². The first-order chi connectivity index (χ1) is 9.73. The summed E-state index contributed by atoms with van der Waals surface area (Å²) in [4.78, 5) is 6.45. The Morgan fingerprint density at radius 1 is 1.24 bits per heavy atom. The van der Waals surface area contributed by atoms with Crippen LogP contribution >= 0.6 is 11.6 Å². The van der Waals surface area contributed by atoms with Crippen LogP contribution in [0.5, 0.6) is 0 Å². The van der Waals surface area contributed by atoms with E-state index in [-0.39, 0.29) is 11.6 Å². The Morgan fingerprint density at radius 3 is 2.24 bits per heavy atom. The lowest BCUT2D eigenvalue weighted by Gasteiger charge is -2.28. The van der Waals surface area contributed by atoms with E-state index in [0.29, 0.717) is 0 Å². The van der Waals surface area contributed by atoms with Gasteiger partial charge in [0.15, 0.2) is 5.96 Å². The summed E-state index contributed by atoms with van der Waals surface area (Å²) < 4.78 is 0. The maximum absolute atomic E-state index is 5.96. The van der Waals surface area contributed by atoms with E-state index in [2.05, 4.69) is 67.5 Å². The normalized spacial score (nSPS) is 14.2. The van der Waals surface area contributed by atoms with Crippen LogP contribution in [0.4, 0.5) is 0 Å². The van der Waals surface area contributed by atoms with Gasteiger partial charge >= 0.3 is 0 Å². The van der Waals surface area contributed by atoms with Crippen LogP contribution in [-0.4, -0.2) is 44.1 Å². The van der Waals surface area contributed by atoms with Crippen molar-refractivity contribution in [1.29, 1.82) is 0 Å². The van der Waals surface area contributed by atoms with Crippen LogP contribution in [0.3, 0.4) is 0 Å². The first-order valence-electron chi connectivity index (χ1n) is 7.13. The minimum atomic E-state index is -0.0181. The number of rotatable bonds is 4. The largest absolute Gasteiger partial charge is 0.354 e. The summed E-state index contributed by atoms with van der Waals surface area (Å²) in [5.74, 6) is 0.809. The molecule has 0 amide bonds. The van der Waals surface area contributed by atoms with E-state index >= 15 is 0 Å². The van der Waals surface area contributed by atoms with Crippen molar-refractivity contribution in [3.05, 3.63) is 34.9 Å². The van der Waals surface area contributed by atoms with Crippen LogP contribution in [0.15, 0.2) is 29.3 Å². The molecule has 1 atom stereocenters. The van der Waals surface area contributed by atoms with Gasteiger partial charge < -0.3 is 15.5 Å². The van der Waals surface area contributed by atoms with E-state index in [1.165, 1.54) is 5.56 Å². The van der Waals surface area contributed by atoms with Crippen LogP contribution in [-0.2, 0) is 0 Å². The van der Waals surface area contributed by atoms with Crippen molar-refractivity contribution in [3.8, 4) is 0 Å². The van der Waals surface area contributed by atoms with E-state index in [4.69, 9.17) is 11.6 Å². The predicted octanol–water partition coefficient (Wildman–Crippen LogP) is 2.91. The molecule has 0 aliphatic heterocycles. The Hall–Kier alpha value is -1.26. The molecule has 0 aromatic heterocycles. The summed E-state index contributed by atoms with van der Waals surface area (Å²) in [6.07, 6.45) is 0. The molecule has 0 saturated carbocycles. The molecule has 1 aromatic rings. The highest BCUT2D eigenvalue weighted by atomic mass is 35.5. The van der Waals surface area contributed by atoms with Gasteiger partial charge in [0.05, 0.1) is 6.04 Å². The third-order valence-electron chi connectivity index (χ3n) is 3.06. The monoisotopic (exact) mass is 310 g/mol. The van der Waals surface area contributed by atoms with Crippen LogP contribution < -0.4 is 10.6 Å². The molecule has 21 heavy (non-hydrogen) atoms. The third-order valence-corrected chi connectivity index (χ3v) is 3.31. The Morgan fingerprint density at radius 2 is 1.81 bits per heavy atom. The lowest BCUT2D eigenvalue weighted by Crippen LogP contribution is -2.49. The second-order valence-corrected chi connectivity index (χ2v) is 6.80. The number of aliphatic imine (C=N–C) groups is 1. The molecule has 0 aliphatic carbocycles. The Bertz CT molecular complexity index is 460. The van der Waals surface area contributed by atoms with Crippen molar-refractivity contribution >= 4 is 17.6 Å². The van der Waals surface area contributed by atoms with Gasteiger partial charge in [-0.1, -0.05) is 23.7 Å². The summed E-state index contributed by atoms with van der Waals surface area (Å²) in [5.41, 5.74) is 1.21. The smallest absolute Gasteiger partial charge is 0.191 e. The molecule has 5 heteroatoms. The van der Waals surface area contributed by atoms with Crippen molar-refractivity contribution < 1.29 is 0 Å². The number of nitrogens with one attached hydrogen (secondary N) is 2. The topological polar surface area (TPSA) is 39.7 Å². The van der Waals surface area contributed by atoms with E-state index < -0.39 is 0 Å². The molecular weight excluding hydrogens is 284 g/mol. The predicted molar refractivity (Wildman–Crippen MR) is 92.1 cm³/mol. The second kappa shape index (κ2) is 7.66. The van der Waals surface area contributed by atoms with Gasteiger partial charge in [0, 0.05) is 24.2 Å². The van der Waals surface area contributed by atoms with E-state index in [1.807, 2.05) is 12.1 Å². The van der Waals surface area contributed by atoms with Crippen LogP contribution in [0.2, 0.25) is 5.02 Å². The van der Waals surface area contributed by atoms with E-state index in [0.717, 1.165) is 17.5 Å². The maximum atomic E-state index is 5.96. The van der Waals surface area contributed by atoms with Gasteiger partial charge in [-0.15, -0.1) is 0 Å². The maximum Gasteiger partial charge on any atom is 0.191 e. The van der Waals surface area contributed by atoms with Gasteiger partial charge in [-0.3, -0.25) is 4.99 Å². The minimum absolute atomic E-state index is 0.0181. The standard InChI is InChI=1S/C16H27ClN4/c1-16(2,3)20-15(18-4)19-11-14(21(5)6)12-7-9-13(17)10-8-12/h7-10,14H,11H2,1-6H3,(H2,18,19,20). The summed E-state index contributed by atoms with van der Waals surface area (Å²) in [7, 11) is 5.93. The highest BCUT2D eigenvalue weighted by Crippen LogP contribution is 2.19. The van der Waals surface area contributed by atoms with Crippen LogP contribution in [0.1, 0.15) is 32.4 Å². The zero-order valence-corrected chi connectivity index (χ0v) is 14.6. The molecule has 2 N–H and O–H groups in total. The summed E-state index contributed by atoms with van der Waals surface area (Å²) in [5, 5.41) is 7.50. The van der Waals surface area contributed by atoms with Gasteiger partial charge in [0.1, 0.15) is 0 Å². The molecule has 0 aliphatic rings. The number of halogens is 1. The Labute approximate surface area is 133 Å². The molecular formula is C16H27ClN4. The second-order valence-electron chi connectivity index (χ2n) is 6.36. The Balaban J connectivity index is 2.73. The third kappa shape index (κ3) is 6.36. The van der Waals surface area contributed by atoms with Crippen molar-refractivity contribution in [3.63, 3.8) is 0 Å². The number of nitrogens with zero attached hydrogens (tertiary/aromatic N) is 2. The number of hydrogen-bond donors (Lipinski definition) is 2. The van der Waals surface area contributed by atoms with E-state index in [9.17, 15) is 0 Å². The summed E-state index contributed by atoms with van der Waals surface area (Å²) >= 11 is 5.96. The van der Waals surface area contributed by atoms with Gasteiger partial charge in [-0.2, -0.15) is 0 Å². The fourth-order valence-electron chi connectivity index (χ4n) is 2.01. The zero-order valence-electron chi connectivity index (χ0n) is 13.9.